The van der Waals surface area contributed by atoms with Crippen LogP contribution in [0.3, 0.4) is 0 Å². The molecule has 9 heteroatoms. The number of carbonyl (C=O) groups is 2. The van der Waals surface area contributed by atoms with Crippen molar-refractivity contribution in [1.82, 2.24) is 9.80 Å². The predicted molar refractivity (Wildman–Crippen MR) is 136 cm³/mol. The van der Waals surface area contributed by atoms with E-state index in [-0.39, 0.29) is 16.9 Å². The molecule has 0 bridgehead atoms. The minimum atomic E-state index is -0.829. The minimum Gasteiger partial charge on any atom is -0.507 e. The summed E-state index contributed by atoms with van der Waals surface area (Å²) in [6, 6.07) is 9.61. The largest absolute Gasteiger partial charge is 0.507 e. The maximum Gasteiger partial charge on any atom is 0.295 e. The molecule has 1 amide bonds. The fourth-order valence-corrected chi connectivity index (χ4v) is 4.75. The van der Waals surface area contributed by atoms with E-state index >= 15 is 0 Å². The molecule has 1 atom stereocenters. The molecule has 0 radical (unpaired) electrons. The summed E-state index contributed by atoms with van der Waals surface area (Å²) in [4.78, 5) is 30.3. The van der Waals surface area contributed by atoms with Gasteiger partial charge >= 0.3 is 0 Å². The molecule has 0 saturated carbocycles. The number of nitrogens with zero attached hydrogens (tertiary/aromatic N) is 2. The first kappa shape index (κ1) is 26.6. The third kappa shape index (κ3) is 5.94. The van der Waals surface area contributed by atoms with Crippen molar-refractivity contribution in [3.05, 3.63) is 65.0 Å². The topological polar surface area (TPSA) is 88.5 Å². The highest BCUT2D eigenvalue weighted by Crippen LogP contribution is 2.42. The van der Waals surface area contributed by atoms with E-state index in [9.17, 15) is 19.1 Å². The lowest BCUT2D eigenvalue weighted by atomic mass is 9.95. The van der Waals surface area contributed by atoms with Crippen molar-refractivity contribution < 1.29 is 33.3 Å². The average molecular weight is 513 g/mol. The first-order valence-electron chi connectivity index (χ1n) is 12.7. The van der Waals surface area contributed by atoms with E-state index in [2.05, 4.69) is 4.90 Å². The zero-order valence-corrected chi connectivity index (χ0v) is 21.2. The second-order valence-electron chi connectivity index (χ2n) is 8.88. The molecule has 2 aliphatic heterocycles. The Bertz CT molecular complexity index is 1140. The van der Waals surface area contributed by atoms with Crippen LogP contribution in [0.1, 0.15) is 37.4 Å². The summed E-state index contributed by atoms with van der Waals surface area (Å²) < 4.78 is 30.4. The molecule has 0 unspecified atom stereocenters. The maximum absolute atomic E-state index is 13.5. The summed E-state index contributed by atoms with van der Waals surface area (Å²) in [5.74, 6) is -1.22. The van der Waals surface area contributed by atoms with Gasteiger partial charge in [0.15, 0.2) is 11.5 Å². The first-order chi connectivity index (χ1) is 17.9. The number of benzene rings is 2. The molecule has 2 saturated heterocycles. The number of ether oxygens (including phenoxy) is 3. The van der Waals surface area contributed by atoms with Gasteiger partial charge in [0.2, 0.25) is 0 Å². The molecule has 2 aliphatic rings. The first-order valence-corrected chi connectivity index (χ1v) is 12.7. The number of morpholine rings is 1. The summed E-state index contributed by atoms with van der Waals surface area (Å²) in [7, 11) is 0. The number of Topliss-reactive ketones (excluding diaryl/α,β-unsaturated/α-hetero) is 1. The van der Waals surface area contributed by atoms with Gasteiger partial charge in [-0.3, -0.25) is 14.5 Å². The van der Waals surface area contributed by atoms with Crippen LogP contribution in [-0.4, -0.2) is 79.2 Å². The monoisotopic (exact) mass is 512 g/mol. The molecular formula is C28H33FN2O6. The van der Waals surface area contributed by atoms with Crippen LogP contribution in [0.25, 0.3) is 5.76 Å². The van der Waals surface area contributed by atoms with Gasteiger partial charge in [0, 0.05) is 31.7 Å². The third-order valence-electron chi connectivity index (χ3n) is 6.52. The number of amides is 1. The smallest absolute Gasteiger partial charge is 0.295 e. The van der Waals surface area contributed by atoms with Crippen molar-refractivity contribution in [3.8, 4) is 11.5 Å². The van der Waals surface area contributed by atoms with Gasteiger partial charge < -0.3 is 24.2 Å². The van der Waals surface area contributed by atoms with Gasteiger partial charge in [-0.05, 0) is 62.2 Å². The van der Waals surface area contributed by atoms with Gasteiger partial charge in [0.1, 0.15) is 11.6 Å². The van der Waals surface area contributed by atoms with Gasteiger partial charge in [-0.15, -0.1) is 0 Å². The molecule has 8 nitrogen and oxygen atoms in total. The van der Waals surface area contributed by atoms with Crippen LogP contribution < -0.4 is 9.47 Å². The maximum atomic E-state index is 13.5. The lowest BCUT2D eigenvalue weighted by Crippen LogP contribution is -2.39. The van der Waals surface area contributed by atoms with Crippen LogP contribution in [0.4, 0.5) is 4.39 Å². The van der Waals surface area contributed by atoms with E-state index in [0.717, 1.165) is 19.6 Å². The molecule has 198 valence electrons. The Kier molecular flexibility index (Phi) is 8.78. The quantitative estimate of drug-likeness (QED) is 0.295. The molecular weight excluding hydrogens is 479 g/mol. The second-order valence-corrected chi connectivity index (χ2v) is 8.88. The zero-order chi connectivity index (χ0) is 26.4. The number of rotatable bonds is 10. The number of likely N-dealkylation sites (tertiary alicyclic amines) is 1. The lowest BCUT2D eigenvalue weighted by molar-refractivity contribution is -0.140. The highest BCUT2D eigenvalue weighted by molar-refractivity contribution is 6.46. The van der Waals surface area contributed by atoms with Crippen LogP contribution in [0.2, 0.25) is 0 Å². The fourth-order valence-electron chi connectivity index (χ4n) is 4.75. The van der Waals surface area contributed by atoms with Crippen molar-refractivity contribution in [3.63, 3.8) is 0 Å². The van der Waals surface area contributed by atoms with E-state index in [1.54, 1.807) is 18.2 Å². The van der Waals surface area contributed by atoms with Crippen LogP contribution in [0.15, 0.2) is 48.0 Å². The Balaban J connectivity index is 1.72. The fraction of sp³-hybridized carbons (Fsp3) is 0.429. The van der Waals surface area contributed by atoms with Crippen LogP contribution in [-0.2, 0) is 14.3 Å². The van der Waals surface area contributed by atoms with Gasteiger partial charge in [0.25, 0.3) is 11.7 Å². The number of aliphatic hydroxyl groups excluding tert-OH is 1. The molecule has 2 heterocycles. The van der Waals surface area contributed by atoms with Crippen molar-refractivity contribution in [2.75, 3.05) is 52.6 Å². The highest BCUT2D eigenvalue weighted by atomic mass is 19.1. The third-order valence-corrected chi connectivity index (χ3v) is 6.52. The Labute approximate surface area is 216 Å². The molecule has 1 N–H and O–H groups in total. The van der Waals surface area contributed by atoms with Crippen molar-refractivity contribution in [2.24, 2.45) is 0 Å². The van der Waals surface area contributed by atoms with Crippen LogP contribution in [0, 0.1) is 5.82 Å². The minimum absolute atomic E-state index is 0.0328. The molecule has 2 aromatic rings. The molecule has 37 heavy (non-hydrogen) atoms. The van der Waals surface area contributed by atoms with Crippen molar-refractivity contribution >= 4 is 17.4 Å². The summed E-state index contributed by atoms with van der Waals surface area (Å²) in [5, 5.41) is 11.2. The van der Waals surface area contributed by atoms with Gasteiger partial charge in [0.05, 0.1) is 38.0 Å². The van der Waals surface area contributed by atoms with E-state index in [1.807, 2.05) is 13.8 Å². The lowest BCUT2D eigenvalue weighted by Gasteiger charge is -2.29. The molecule has 2 fully saturated rings. The van der Waals surface area contributed by atoms with Crippen molar-refractivity contribution in [2.45, 2.75) is 26.3 Å². The van der Waals surface area contributed by atoms with E-state index in [0.29, 0.717) is 56.5 Å². The van der Waals surface area contributed by atoms with Crippen LogP contribution in [0.5, 0.6) is 11.5 Å². The SMILES string of the molecule is CCOc1ccc([C@H]2C(=C(O)c3ccc(F)cc3)C(=O)C(=O)N2CCCN2CCOCC2)cc1OCC. The molecule has 4 rings (SSSR count). The Hall–Kier alpha value is -3.43. The van der Waals surface area contributed by atoms with Gasteiger partial charge in [-0.25, -0.2) is 4.39 Å². The second kappa shape index (κ2) is 12.2. The van der Waals surface area contributed by atoms with E-state index in [4.69, 9.17) is 14.2 Å². The summed E-state index contributed by atoms with van der Waals surface area (Å²) >= 11 is 0. The van der Waals surface area contributed by atoms with Crippen molar-refractivity contribution in [1.29, 1.82) is 0 Å². The standard InChI is InChI=1S/C28H33FN2O6/c1-3-36-22-11-8-20(18-23(22)37-4-2)25-24(26(32)19-6-9-21(29)10-7-19)27(33)28(34)31(25)13-5-12-30-14-16-35-17-15-30/h6-11,18,25,32H,3-5,12-17H2,1-2H3/t25-/m0/s1. The highest BCUT2D eigenvalue weighted by Gasteiger charge is 2.46. The average Bonchev–Trinajstić information content (AvgIpc) is 3.16. The molecule has 0 aromatic heterocycles. The Morgan fingerprint density at radius 2 is 1.68 bits per heavy atom. The summed E-state index contributed by atoms with van der Waals surface area (Å²) in [6.07, 6.45) is 0.648. The van der Waals surface area contributed by atoms with E-state index < -0.39 is 23.5 Å². The molecule has 0 aliphatic carbocycles. The summed E-state index contributed by atoms with van der Waals surface area (Å²) in [6.45, 7) is 8.65. The summed E-state index contributed by atoms with van der Waals surface area (Å²) in [5.41, 5.74) is 0.837. The van der Waals surface area contributed by atoms with Gasteiger partial charge in [-0.2, -0.15) is 0 Å². The Morgan fingerprint density at radius 3 is 2.35 bits per heavy atom. The Morgan fingerprint density at radius 1 is 1.00 bits per heavy atom. The van der Waals surface area contributed by atoms with Gasteiger partial charge in [-0.1, -0.05) is 6.07 Å². The number of ketones is 1. The number of halogens is 1. The predicted octanol–water partition coefficient (Wildman–Crippen LogP) is 3.77. The number of hydrogen-bond donors (Lipinski definition) is 1. The molecule has 0 spiro atoms. The normalized spacial score (nSPS) is 19.9. The zero-order valence-electron chi connectivity index (χ0n) is 21.2. The number of hydrogen-bond acceptors (Lipinski definition) is 7. The van der Waals surface area contributed by atoms with E-state index in [1.165, 1.54) is 29.2 Å². The number of aliphatic hydroxyl groups is 1. The van der Waals surface area contributed by atoms with Crippen LogP contribution >= 0.6 is 0 Å². The number of carbonyl (C=O) groups excluding carboxylic acids is 2. The molecule has 2 aromatic carbocycles.